The second-order valence-electron chi connectivity index (χ2n) is 3.62. The topological polar surface area (TPSA) is 0 Å². The minimum Gasteiger partial charge on any atom is -0.0876 e. The van der Waals surface area contributed by atoms with E-state index in [1.807, 2.05) is 0 Å². The van der Waals surface area contributed by atoms with Crippen LogP contribution in [-0.4, -0.2) is 7.28 Å². The first-order chi connectivity index (χ1) is 5.63. The van der Waals surface area contributed by atoms with Crippen LogP contribution in [0.15, 0.2) is 18.2 Å². The molecule has 0 N–H and O–H groups in total. The van der Waals surface area contributed by atoms with Crippen LogP contribution in [0, 0.1) is 6.92 Å². The lowest BCUT2D eigenvalue weighted by atomic mass is 9.72. The number of rotatable bonds is 2. The van der Waals surface area contributed by atoms with Gasteiger partial charge in [0, 0.05) is 0 Å². The van der Waals surface area contributed by atoms with Crippen LogP contribution in [0.3, 0.4) is 0 Å². The van der Waals surface area contributed by atoms with Gasteiger partial charge in [0.2, 0.25) is 0 Å². The highest BCUT2D eigenvalue weighted by Gasteiger charge is 2.00. The molecule has 0 fully saturated rings. The molecule has 1 heteroatoms. The van der Waals surface area contributed by atoms with Gasteiger partial charge in [-0.2, -0.15) is 0 Å². The lowest BCUT2D eigenvalue weighted by Crippen LogP contribution is -2.12. The summed E-state index contributed by atoms with van der Waals surface area (Å²) in [6, 6.07) is 6.74. The third-order valence-corrected chi connectivity index (χ3v) is 2.12. The van der Waals surface area contributed by atoms with Crippen LogP contribution in [-0.2, 0) is 0 Å². The second kappa shape index (κ2) is 3.80. The fourth-order valence-corrected chi connectivity index (χ4v) is 1.34. The van der Waals surface area contributed by atoms with Crippen LogP contribution in [0.2, 0.25) is 6.82 Å². The van der Waals surface area contributed by atoms with Crippen LogP contribution in [0.5, 0.6) is 0 Å². The molecule has 0 amide bonds. The maximum absolute atomic E-state index is 2.26. The van der Waals surface area contributed by atoms with Gasteiger partial charge in [-0.1, -0.05) is 49.9 Å². The molecular weight excluding hydrogens is 143 g/mol. The molecule has 0 saturated carbocycles. The van der Waals surface area contributed by atoms with Gasteiger partial charge in [-0.3, -0.25) is 0 Å². The number of hydrogen-bond donors (Lipinski definition) is 0. The summed E-state index contributed by atoms with van der Waals surface area (Å²) in [6.07, 6.45) is 0. The Bertz CT molecular complexity index is 264. The summed E-state index contributed by atoms with van der Waals surface area (Å²) in [5.41, 5.74) is 4.12. The summed E-state index contributed by atoms with van der Waals surface area (Å²) >= 11 is 0. The van der Waals surface area contributed by atoms with Gasteiger partial charge in [-0.15, -0.1) is 0 Å². The first-order valence-corrected chi connectivity index (χ1v) is 4.54. The standard InChI is InChI=1S/C11H16B/c1-8(2)10-5-9(3)6-11(7-10)12-4/h5-8H,1-4H3. The lowest BCUT2D eigenvalue weighted by molar-refractivity contribution is 0.866. The molecule has 1 radical (unpaired) electrons. The van der Waals surface area contributed by atoms with E-state index < -0.39 is 0 Å². The third-order valence-electron chi connectivity index (χ3n) is 2.12. The zero-order chi connectivity index (χ0) is 9.14. The fraction of sp³-hybridized carbons (Fsp3) is 0.455. The molecule has 1 rings (SSSR count). The van der Waals surface area contributed by atoms with Gasteiger partial charge in [0.05, 0.1) is 0 Å². The Morgan fingerprint density at radius 1 is 1.17 bits per heavy atom. The average molecular weight is 159 g/mol. The van der Waals surface area contributed by atoms with E-state index in [0.29, 0.717) is 5.92 Å². The van der Waals surface area contributed by atoms with E-state index >= 15 is 0 Å². The molecule has 0 aliphatic carbocycles. The Morgan fingerprint density at radius 3 is 2.33 bits per heavy atom. The molecule has 12 heavy (non-hydrogen) atoms. The zero-order valence-electron chi connectivity index (χ0n) is 8.39. The zero-order valence-corrected chi connectivity index (χ0v) is 8.39. The summed E-state index contributed by atoms with van der Waals surface area (Å²) in [7, 11) is 2.15. The highest BCUT2D eigenvalue weighted by molar-refractivity contribution is 6.51. The first-order valence-electron chi connectivity index (χ1n) is 4.54. The van der Waals surface area contributed by atoms with E-state index in [-0.39, 0.29) is 0 Å². The SMILES string of the molecule is C[B]c1cc(C)cc(C(C)C)c1. The lowest BCUT2D eigenvalue weighted by Gasteiger charge is -2.08. The predicted molar refractivity (Wildman–Crippen MR) is 56.5 cm³/mol. The summed E-state index contributed by atoms with van der Waals surface area (Å²) < 4.78 is 0. The summed E-state index contributed by atoms with van der Waals surface area (Å²) in [5, 5.41) is 0. The van der Waals surface area contributed by atoms with Gasteiger partial charge in [0.1, 0.15) is 7.28 Å². The van der Waals surface area contributed by atoms with Crippen LogP contribution < -0.4 is 5.46 Å². The van der Waals surface area contributed by atoms with Crippen molar-refractivity contribution in [3.63, 3.8) is 0 Å². The third kappa shape index (κ3) is 2.13. The summed E-state index contributed by atoms with van der Waals surface area (Å²) in [5.74, 6) is 0.628. The van der Waals surface area contributed by atoms with E-state index in [2.05, 4.69) is 53.1 Å². The number of hydrogen-bond acceptors (Lipinski definition) is 0. The molecular formula is C11H16B. The monoisotopic (exact) mass is 159 g/mol. The molecule has 0 aliphatic rings. The van der Waals surface area contributed by atoms with Crippen molar-refractivity contribution in [2.24, 2.45) is 0 Å². The van der Waals surface area contributed by atoms with Gasteiger partial charge >= 0.3 is 0 Å². The van der Waals surface area contributed by atoms with Gasteiger partial charge in [-0.05, 0) is 18.4 Å². The van der Waals surface area contributed by atoms with Crippen molar-refractivity contribution >= 4 is 12.7 Å². The minimum atomic E-state index is 0.628. The maximum atomic E-state index is 2.26. The van der Waals surface area contributed by atoms with E-state index in [0.717, 1.165) is 0 Å². The van der Waals surface area contributed by atoms with Crippen molar-refractivity contribution < 1.29 is 0 Å². The largest absolute Gasteiger partial charge is 0.148 e. The van der Waals surface area contributed by atoms with E-state index in [1.54, 1.807) is 0 Å². The highest BCUT2D eigenvalue weighted by Crippen LogP contribution is 2.13. The molecule has 0 atom stereocenters. The Kier molecular flexibility index (Phi) is 2.96. The number of benzene rings is 1. The Hall–Kier alpha value is -0.715. The van der Waals surface area contributed by atoms with Crippen molar-refractivity contribution in [1.29, 1.82) is 0 Å². The average Bonchev–Trinajstić information content (AvgIpc) is 2.03. The van der Waals surface area contributed by atoms with E-state index in [4.69, 9.17) is 0 Å². The van der Waals surface area contributed by atoms with Crippen LogP contribution in [0.4, 0.5) is 0 Å². The predicted octanol–water partition coefficient (Wildman–Crippen LogP) is 2.50. The first kappa shape index (κ1) is 9.37. The molecule has 0 nitrogen and oxygen atoms in total. The van der Waals surface area contributed by atoms with Crippen molar-refractivity contribution in [2.75, 3.05) is 0 Å². The molecule has 0 unspecified atom stereocenters. The highest BCUT2D eigenvalue weighted by atomic mass is 14.0. The fourth-order valence-electron chi connectivity index (χ4n) is 1.34. The second-order valence-corrected chi connectivity index (χ2v) is 3.62. The molecule has 0 aromatic heterocycles. The molecule has 1 aromatic carbocycles. The Morgan fingerprint density at radius 2 is 1.83 bits per heavy atom. The summed E-state index contributed by atoms with van der Waals surface area (Å²) in [6.45, 7) is 8.69. The molecule has 0 aliphatic heterocycles. The summed E-state index contributed by atoms with van der Waals surface area (Å²) in [4.78, 5) is 0. The Balaban J connectivity index is 3.06. The van der Waals surface area contributed by atoms with Crippen molar-refractivity contribution in [2.45, 2.75) is 33.5 Å². The number of aryl methyl sites for hydroxylation is 1. The van der Waals surface area contributed by atoms with Crippen LogP contribution in [0.1, 0.15) is 30.9 Å². The van der Waals surface area contributed by atoms with Gasteiger partial charge in [0.15, 0.2) is 0 Å². The van der Waals surface area contributed by atoms with Gasteiger partial charge in [0.25, 0.3) is 0 Å². The van der Waals surface area contributed by atoms with Gasteiger partial charge < -0.3 is 0 Å². The van der Waals surface area contributed by atoms with Crippen molar-refractivity contribution in [1.82, 2.24) is 0 Å². The van der Waals surface area contributed by atoms with Gasteiger partial charge in [-0.25, -0.2) is 0 Å². The smallest absolute Gasteiger partial charge is 0.0876 e. The molecule has 0 bridgehead atoms. The van der Waals surface area contributed by atoms with E-state index in [9.17, 15) is 0 Å². The van der Waals surface area contributed by atoms with Crippen molar-refractivity contribution in [3.05, 3.63) is 29.3 Å². The molecule has 63 valence electrons. The molecule has 0 saturated heterocycles. The van der Waals surface area contributed by atoms with Crippen LogP contribution >= 0.6 is 0 Å². The van der Waals surface area contributed by atoms with E-state index in [1.165, 1.54) is 16.6 Å². The maximum Gasteiger partial charge on any atom is 0.148 e. The quantitative estimate of drug-likeness (QED) is 0.581. The van der Waals surface area contributed by atoms with Crippen LogP contribution in [0.25, 0.3) is 0 Å². The molecule has 0 spiro atoms. The Labute approximate surface area is 76.2 Å². The molecule has 0 heterocycles. The molecule has 1 aromatic rings. The normalized spacial score (nSPS) is 10.4. The van der Waals surface area contributed by atoms with Crippen molar-refractivity contribution in [3.8, 4) is 0 Å². The minimum absolute atomic E-state index is 0.628.